The molecule has 0 amide bonds. The number of hydrogen-bond acceptors (Lipinski definition) is 3. The van der Waals surface area contributed by atoms with E-state index in [9.17, 15) is 0 Å². The van der Waals surface area contributed by atoms with Crippen molar-refractivity contribution in [3.8, 4) is 0 Å². The molecule has 2 atom stereocenters. The molecule has 1 heterocycles. The average molecular weight is 212 g/mol. The van der Waals surface area contributed by atoms with Crippen molar-refractivity contribution in [2.75, 3.05) is 6.61 Å². The van der Waals surface area contributed by atoms with E-state index in [-0.39, 0.29) is 5.60 Å². The third kappa shape index (κ3) is 2.35. The second-order valence-corrected chi connectivity index (χ2v) is 5.31. The van der Waals surface area contributed by atoms with E-state index in [0.29, 0.717) is 12.0 Å². The Morgan fingerprint density at radius 2 is 2.00 bits per heavy atom. The van der Waals surface area contributed by atoms with Gasteiger partial charge >= 0.3 is 0 Å². The van der Waals surface area contributed by atoms with E-state index in [1.54, 1.807) is 0 Å². The molecule has 0 spiro atoms. The summed E-state index contributed by atoms with van der Waals surface area (Å²) in [7, 11) is 0. The first-order valence-corrected chi connectivity index (χ1v) is 6.36. The molecule has 0 radical (unpaired) electrons. The zero-order valence-corrected chi connectivity index (χ0v) is 9.80. The fraction of sp³-hybridized carbons (Fsp3) is 1.00. The molecule has 2 unspecified atom stereocenters. The molecular weight excluding hydrogens is 188 g/mol. The minimum Gasteiger partial charge on any atom is -0.374 e. The van der Waals surface area contributed by atoms with Gasteiger partial charge in [-0.1, -0.05) is 19.3 Å². The van der Waals surface area contributed by atoms with Crippen LogP contribution in [0.25, 0.3) is 0 Å². The van der Waals surface area contributed by atoms with E-state index >= 15 is 0 Å². The van der Waals surface area contributed by atoms with Crippen LogP contribution in [0.1, 0.15) is 51.9 Å². The van der Waals surface area contributed by atoms with Gasteiger partial charge in [-0.15, -0.1) is 0 Å². The van der Waals surface area contributed by atoms with E-state index in [0.717, 1.165) is 13.0 Å². The molecule has 88 valence electrons. The lowest BCUT2D eigenvalue weighted by atomic mass is 9.76. The summed E-state index contributed by atoms with van der Waals surface area (Å²) >= 11 is 0. The van der Waals surface area contributed by atoms with E-state index in [1.807, 2.05) is 0 Å². The van der Waals surface area contributed by atoms with Gasteiger partial charge in [0.05, 0.1) is 11.6 Å². The van der Waals surface area contributed by atoms with E-state index in [2.05, 4.69) is 12.3 Å². The minimum absolute atomic E-state index is 0.0171. The summed E-state index contributed by atoms with van der Waals surface area (Å²) < 4.78 is 5.90. The average Bonchev–Trinajstić information content (AvgIpc) is 2.68. The molecular formula is C12H24N2O. The van der Waals surface area contributed by atoms with Crippen LogP contribution in [0.4, 0.5) is 0 Å². The number of nitrogens with one attached hydrogen (secondary N) is 1. The highest BCUT2D eigenvalue weighted by Gasteiger charge is 2.42. The highest BCUT2D eigenvalue weighted by molar-refractivity contribution is 4.96. The normalized spacial score (nSPS) is 35.6. The third-order valence-corrected chi connectivity index (χ3v) is 4.21. The minimum atomic E-state index is -0.0171. The van der Waals surface area contributed by atoms with Crippen molar-refractivity contribution < 1.29 is 4.74 Å². The summed E-state index contributed by atoms with van der Waals surface area (Å²) in [5, 5.41) is 0. The van der Waals surface area contributed by atoms with Crippen LogP contribution < -0.4 is 11.3 Å². The molecule has 1 aliphatic heterocycles. The Morgan fingerprint density at radius 1 is 1.27 bits per heavy atom. The lowest BCUT2D eigenvalue weighted by Crippen LogP contribution is -2.55. The van der Waals surface area contributed by atoms with Gasteiger partial charge in [0.25, 0.3) is 0 Å². The van der Waals surface area contributed by atoms with E-state index in [4.69, 9.17) is 10.6 Å². The van der Waals surface area contributed by atoms with Gasteiger partial charge in [0, 0.05) is 6.61 Å². The van der Waals surface area contributed by atoms with Crippen molar-refractivity contribution in [1.29, 1.82) is 0 Å². The lowest BCUT2D eigenvalue weighted by molar-refractivity contribution is -0.0338. The molecule has 3 nitrogen and oxygen atoms in total. The lowest BCUT2D eigenvalue weighted by Gasteiger charge is -2.40. The van der Waals surface area contributed by atoms with Crippen LogP contribution in [0, 0.1) is 5.92 Å². The topological polar surface area (TPSA) is 47.3 Å². The summed E-state index contributed by atoms with van der Waals surface area (Å²) in [5.41, 5.74) is 3.01. The van der Waals surface area contributed by atoms with Crippen LogP contribution in [0.5, 0.6) is 0 Å². The Morgan fingerprint density at radius 3 is 2.53 bits per heavy atom. The predicted octanol–water partition coefficient (Wildman–Crippen LogP) is 1.97. The Balaban J connectivity index is 2.01. The van der Waals surface area contributed by atoms with Crippen molar-refractivity contribution >= 4 is 0 Å². The second kappa shape index (κ2) is 4.81. The SMILES string of the molecule is CC1(C(NN)C2CCCCC2)CCCO1. The van der Waals surface area contributed by atoms with Gasteiger partial charge in [0.1, 0.15) is 0 Å². The van der Waals surface area contributed by atoms with Gasteiger partial charge in [-0.2, -0.15) is 0 Å². The van der Waals surface area contributed by atoms with Gasteiger partial charge in [-0.3, -0.25) is 11.3 Å². The fourth-order valence-electron chi connectivity index (χ4n) is 3.32. The monoisotopic (exact) mass is 212 g/mol. The quantitative estimate of drug-likeness (QED) is 0.555. The van der Waals surface area contributed by atoms with Crippen LogP contribution in [-0.2, 0) is 4.74 Å². The summed E-state index contributed by atoms with van der Waals surface area (Å²) in [5.74, 6) is 6.45. The smallest absolute Gasteiger partial charge is 0.0823 e. The van der Waals surface area contributed by atoms with Crippen LogP contribution in [0.3, 0.4) is 0 Å². The molecule has 2 fully saturated rings. The zero-order chi connectivity index (χ0) is 10.7. The molecule has 1 saturated heterocycles. The summed E-state index contributed by atoms with van der Waals surface area (Å²) in [6.07, 6.45) is 9.07. The third-order valence-electron chi connectivity index (χ3n) is 4.21. The Hall–Kier alpha value is -0.120. The largest absolute Gasteiger partial charge is 0.374 e. The molecule has 0 aromatic heterocycles. The molecule has 15 heavy (non-hydrogen) atoms. The maximum absolute atomic E-state index is 5.90. The number of rotatable bonds is 3. The summed E-state index contributed by atoms with van der Waals surface area (Å²) in [4.78, 5) is 0. The Bertz CT molecular complexity index is 196. The first kappa shape index (κ1) is 11.4. The van der Waals surface area contributed by atoms with Gasteiger partial charge in [-0.05, 0) is 38.5 Å². The highest BCUT2D eigenvalue weighted by Crippen LogP contribution is 2.37. The zero-order valence-electron chi connectivity index (χ0n) is 9.80. The number of ether oxygens (including phenoxy) is 1. The molecule has 3 N–H and O–H groups in total. The van der Waals surface area contributed by atoms with Gasteiger partial charge in [0.15, 0.2) is 0 Å². The van der Waals surface area contributed by atoms with Crippen molar-refractivity contribution in [2.45, 2.75) is 63.5 Å². The first-order valence-electron chi connectivity index (χ1n) is 6.36. The molecule has 0 aromatic rings. The molecule has 2 rings (SSSR count). The Kier molecular flexibility index (Phi) is 3.65. The molecule has 0 bridgehead atoms. The number of hydrogen-bond donors (Lipinski definition) is 2. The van der Waals surface area contributed by atoms with Crippen LogP contribution in [-0.4, -0.2) is 18.2 Å². The second-order valence-electron chi connectivity index (χ2n) is 5.31. The van der Waals surface area contributed by atoms with E-state index in [1.165, 1.54) is 38.5 Å². The fourth-order valence-corrected chi connectivity index (χ4v) is 3.32. The first-order chi connectivity index (χ1) is 7.26. The maximum Gasteiger partial charge on any atom is 0.0823 e. The molecule has 2 aliphatic rings. The number of hydrazine groups is 1. The van der Waals surface area contributed by atoms with Crippen molar-refractivity contribution in [3.05, 3.63) is 0 Å². The molecule has 3 heteroatoms. The number of nitrogens with two attached hydrogens (primary N) is 1. The van der Waals surface area contributed by atoms with Crippen molar-refractivity contribution in [2.24, 2.45) is 11.8 Å². The van der Waals surface area contributed by atoms with Crippen LogP contribution >= 0.6 is 0 Å². The van der Waals surface area contributed by atoms with Crippen LogP contribution in [0.2, 0.25) is 0 Å². The summed E-state index contributed by atoms with van der Waals surface area (Å²) in [6.45, 7) is 3.13. The molecule has 1 saturated carbocycles. The van der Waals surface area contributed by atoms with Crippen LogP contribution in [0.15, 0.2) is 0 Å². The summed E-state index contributed by atoms with van der Waals surface area (Å²) in [6, 6.07) is 0.348. The van der Waals surface area contributed by atoms with Gasteiger partial charge < -0.3 is 4.74 Å². The van der Waals surface area contributed by atoms with Gasteiger partial charge in [-0.25, -0.2) is 0 Å². The predicted molar refractivity (Wildman–Crippen MR) is 61.3 cm³/mol. The maximum atomic E-state index is 5.90. The molecule has 0 aromatic carbocycles. The molecule has 1 aliphatic carbocycles. The van der Waals surface area contributed by atoms with Crippen molar-refractivity contribution in [3.63, 3.8) is 0 Å². The standard InChI is InChI=1S/C12H24N2O/c1-12(8-5-9-15-12)11(14-13)10-6-3-2-4-7-10/h10-11,14H,2-9,13H2,1H3. The van der Waals surface area contributed by atoms with Gasteiger partial charge in [0.2, 0.25) is 0 Å². The highest BCUT2D eigenvalue weighted by atomic mass is 16.5. The van der Waals surface area contributed by atoms with E-state index < -0.39 is 0 Å². The Labute approximate surface area is 92.7 Å². The van der Waals surface area contributed by atoms with Crippen molar-refractivity contribution in [1.82, 2.24) is 5.43 Å².